The molecule has 0 saturated heterocycles. The Morgan fingerprint density at radius 2 is 1.67 bits per heavy atom. The summed E-state index contributed by atoms with van der Waals surface area (Å²) < 4.78 is 0. The van der Waals surface area contributed by atoms with Crippen molar-refractivity contribution in [1.29, 1.82) is 0 Å². The maximum atomic E-state index is 13.0. The van der Waals surface area contributed by atoms with Crippen molar-refractivity contribution in [2.24, 2.45) is 22.2 Å². The van der Waals surface area contributed by atoms with Gasteiger partial charge in [0.05, 0.1) is 0 Å². The normalized spacial score (nSPS) is 35.5. The summed E-state index contributed by atoms with van der Waals surface area (Å²) in [5.74, 6) is -1.11. The third-order valence-corrected chi connectivity index (χ3v) is 7.20. The van der Waals surface area contributed by atoms with Gasteiger partial charge in [-0.05, 0) is 24.2 Å². The number of Topliss-reactive ketones (excluding diaryl/α,β-unsaturated/α-hetero) is 2. The molecule has 3 aliphatic carbocycles. The molecule has 0 heterocycles. The molecular weight excluding hydrogens is 300 g/mol. The van der Waals surface area contributed by atoms with Gasteiger partial charge in [-0.1, -0.05) is 60.1 Å². The minimum Gasteiger partial charge on any atom is -0.507 e. The fourth-order valence-corrected chi connectivity index (χ4v) is 5.17. The zero-order valence-electron chi connectivity index (χ0n) is 15.6. The highest BCUT2D eigenvalue weighted by atomic mass is 16.3. The van der Waals surface area contributed by atoms with Crippen molar-refractivity contribution < 1.29 is 14.7 Å². The molecule has 0 aromatic heterocycles. The van der Waals surface area contributed by atoms with E-state index in [2.05, 4.69) is 33.8 Å². The van der Waals surface area contributed by atoms with E-state index in [9.17, 15) is 14.7 Å². The highest BCUT2D eigenvalue weighted by Gasteiger charge is 2.60. The molecule has 130 valence electrons. The van der Waals surface area contributed by atoms with Gasteiger partial charge in [-0.15, -0.1) is 0 Å². The van der Waals surface area contributed by atoms with Crippen LogP contribution in [-0.2, 0) is 9.59 Å². The predicted octanol–water partition coefficient (Wildman–Crippen LogP) is 4.70. The van der Waals surface area contributed by atoms with Crippen molar-refractivity contribution in [1.82, 2.24) is 0 Å². The van der Waals surface area contributed by atoms with Crippen LogP contribution in [0.4, 0.5) is 0 Å². The molecule has 0 spiro atoms. The van der Waals surface area contributed by atoms with E-state index in [-0.39, 0.29) is 28.1 Å². The Hall–Kier alpha value is -1.64. The molecule has 1 N–H and O–H groups in total. The molecule has 3 rings (SSSR count). The maximum Gasteiger partial charge on any atom is 0.233 e. The Balaban J connectivity index is 2.30. The highest BCUT2D eigenvalue weighted by Crippen LogP contribution is 2.66. The van der Waals surface area contributed by atoms with E-state index in [1.807, 2.05) is 19.9 Å². The molecule has 3 heteroatoms. The Morgan fingerprint density at radius 3 is 2.25 bits per heavy atom. The summed E-state index contributed by atoms with van der Waals surface area (Å²) in [5, 5.41) is 10.7. The van der Waals surface area contributed by atoms with Crippen LogP contribution in [0, 0.1) is 22.2 Å². The van der Waals surface area contributed by atoms with Gasteiger partial charge in [-0.2, -0.15) is 0 Å². The molecule has 0 bridgehead atoms. The quantitative estimate of drug-likeness (QED) is 0.561. The first-order valence-corrected chi connectivity index (χ1v) is 8.94. The topological polar surface area (TPSA) is 54.4 Å². The first-order chi connectivity index (χ1) is 11.0. The molecule has 2 unspecified atom stereocenters. The summed E-state index contributed by atoms with van der Waals surface area (Å²) in [6.45, 7) is 12.5. The van der Waals surface area contributed by atoms with Gasteiger partial charge in [-0.25, -0.2) is 0 Å². The van der Waals surface area contributed by atoms with E-state index >= 15 is 0 Å². The maximum absolute atomic E-state index is 13.0. The number of aliphatic hydroxyl groups excluding tert-OH is 1. The smallest absolute Gasteiger partial charge is 0.233 e. The summed E-state index contributed by atoms with van der Waals surface area (Å²) in [4.78, 5) is 25.7. The van der Waals surface area contributed by atoms with Gasteiger partial charge in [0.25, 0.3) is 0 Å². The van der Waals surface area contributed by atoms with E-state index in [1.54, 1.807) is 0 Å². The van der Waals surface area contributed by atoms with E-state index in [0.717, 1.165) is 19.3 Å². The van der Waals surface area contributed by atoms with Crippen molar-refractivity contribution >= 4 is 11.6 Å². The molecule has 1 fully saturated rings. The van der Waals surface area contributed by atoms with Crippen molar-refractivity contribution in [3.8, 4) is 0 Å². The van der Waals surface area contributed by atoms with Crippen molar-refractivity contribution in [2.75, 3.05) is 0 Å². The summed E-state index contributed by atoms with van der Waals surface area (Å²) in [6.07, 6.45) is 7.02. The molecule has 0 amide bonds. The second-order valence-corrected chi connectivity index (χ2v) is 8.97. The summed E-state index contributed by atoms with van der Waals surface area (Å²) in [7, 11) is 0. The van der Waals surface area contributed by atoms with Crippen LogP contribution in [0.15, 0.2) is 34.6 Å². The number of ketones is 2. The average Bonchev–Trinajstić information content (AvgIpc) is 2.46. The number of rotatable bonds is 1. The number of carbonyl (C=O) groups is 2. The third-order valence-electron chi connectivity index (χ3n) is 7.20. The van der Waals surface area contributed by atoms with Gasteiger partial charge in [0.1, 0.15) is 5.76 Å². The number of hydrogen-bond donors (Lipinski definition) is 1. The number of hydrogen-bond acceptors (Lipinski definition) is 3. The molecule has 0 radical (unpaired) electrons. The Morgan fingerprint density at radius 1 is 1.04 bits per heavy atom. The van der Waals surface area contributed by atoms with Gasteiger partial charge < -0.3 is 5.11 Å². The molecule has 0 aromatic rings. The fourth-order valence-electron chi connectivity index (χ4n) is 5.17. The molecule has 3 nitrogen and oxygen atoms in total. The first-order valence-electron chi connectivity index (χ1n) is 8.94. The van der Waals surface area contributed by atoms with Crippen molar-refractivity contribution in [3.05, 3.63) is 34.6 Å². The van der Waals surface area contributed by atoms with Gasteiger partial charge in [0, 0.05) is 27.5 Å². The number of fused-ring (bicyclic) bond motifs is 2. The molecule has 3 aliphatic rings. The molecular formula is C21H28O3. The van der Waals surface area contributed by atoms with Crippen LogP contribution in [0.1, 0.15) is 60.8 Å². The minimum atomic E-state index is -0.525. The number of carbonyl (C=O) groups excluding carboxylic acids is 2. The molecule has 1 saturated carbocycles. The largest absolute Gasteiger partial charge is 0.507 e. The van der Waals surface area contributed by atoms with Gasteiger partial charge in [-0.3, -0.25) is 9.59 Å². The monoisotopic (exact) mass is 328 g/mol. The number of aliphatic hydroxyl groups is 1. The van der Waals surface area contributed by atoms with Gasteiger partial charge >= 0.3 is 0 Å². The zero-order chi connectivity index (χ0) is 18.1. The second-order valence-electron chi connectivity index (χ2n) is 8.97. The lowest BCUT2D eigenvalue weighted by Crippen LogP contribution is -2.55. The predicted molar refractivity (Wildman–Crippen MR) is 94.5 cm³/mol. The molecule has 2 atom stereocenters. The number of allylic oxidation sites excluding steroid dienone is 4. The second kappa shape index (κ2) is 4.93. The van der Waals surface area contributed by atoms with Gasteiger partial charge in [0.15, 0.2) is 0 Å². The van der Waals surface area contributed by atoms with Crippen LogP contribution < -0.4 is 0 Å². The van der Waals surface area contributed by atoms with E-state index in [1.165, 1.54) is 0 Å². The molecule has 0 aromatic carbocycles. The lowest BCUT2D eigenvalue weighted by Gasteiger charge is -2.60. The highest BCUT2D eigenvalue weighted by molar-refractivity contribution is 6.50. The standard InChI is InChI=1S/C21H28O3/c1-12(2)14-16(22)13-8-11-21(6)19(3,4)9-7-10-20(21,5)15(13)18(24)17(14)23/h8,11-12,22H,7,9-10H2,1-6H3. The van der Waals surface area contributed by atoms with Crippen LogP contribution in [-0.4, -0.2) is 16.7 Å². The Kier molecular flexibility index (Phi) is 3.53. The Bertz CT molecular complexity index is 732. The van der Waals surface area contributed by atoms with E-state index < -0.39 is 17.0 Å². The van der Waals surface area contributed by atoms with Gasteiger partial charge in [0.2, 0.25) is 11.6 Å². The summed E-state index contributed by atoms with van der Waals surface area (Å²) in [5.41, 5.74) is 0.736. The van der Waals surface area contributed by atoms with E-state index in [4.69, 9.17) is 0 Å². The Labute approximate surface area is 144 Å². The molecule has 0 aliphatic heterocycles. The van der Waals surface area contributed by atoms with Crippen LogP contribution in [0.3, 0.4) is 0 Å². The van der Waals surface area contributed by atoms with Crippen LogP contribution in [0.2, 0.25) is 0 Å². The molecule has 24 heavy (non-hydrogen) atoms. The van der Waals surface area contributed by atoms with E-state index in [0.29, 0.717) is 11.1 Å². The summed E-state index contributed by atoms with van der Waals surface area (Å²) >= 11 is 0. The van der Waals surface area contributed by atoms with Crippen LogP contribution >= 0.6 is 0 Å². The SMILES string of the molecule is CC(C)C1=C(O)C2=C(C(=O)C1=O)C1(C)CCCC(C)(C)C1(C)C=C2. The third kappa shape index (κ3) is 1.84. The van der Waals surface area contributed by atoms with Crippen LogP contribution in [0.5, 0.6) is 0 Å². The van der Waals surface area contributed by atoms with Crippen LogP contribution in [0.25, 0.3) is 0 Å². The average molecular weight is 328 g/mol. The van der Waals surface area contributed by atoms with Crippen molar-refractivity contribution in [2.45, 2.75) is 60.8 Å². The summed E-state index contributed by atoms with van der Waals surface area (Å²) in [6, 6.07) is 0. The van der Waals surface area contributed by atoms with Crippen molar-refractivity contribution in [3.63, 3.8) is 0 Å². The lowest BCUT2D eigenvalue weighted by molar-refractivity contribution is -0.135. The first kappa shape index (κ1) is 17.2. The zero-order valence-corrected chi connectivity index (χ0v) is 15.6. The fraction of sp³-hybridized carbons (Fsp3) is 0.619. The lowest BCUT2D eigenvalue weighted by atomic mass is 9.43. The minimum absolute atomic E-state index is 0.00695.